The van der Waals surface area contributed by atoms with Gasteiger partial charge in [0.25, 0.3) is 5.91 Å². The molecule has 0 bridgehead atoms. The number of furan rings is 1. The number of carboxylic acids is 1. The summed E-state index contributed by atoms with van der Waals surface area (Å²) in [5, 5.41) is 7.12. The van der Waals surface area contributed by atoms with Crippen LogP contribution in [-0.2, 0) is 14.3 Å². The summed E-state index contributed by atoms with van der Waals surface area (Å²) in [5.74, 6) is -2.35. The van der Waals surface area contributed by atoms with Crippen LogP contribution in [0.2, 0.25) is 0 Å². The van der Waals surface area contributed by atoms with Crippen molar-refractivity contribution < 1.29 is 41.8 Å². The molecule has 0 aromatic carbocycles. The molecule has 3 aliphatic heterocycles. The summed E-state index contributed by atoms with van der Waals surface area (Å²) in [5.41, 5.74) is 0. The van der Waals surface area contributed by atoms with E-state index in [4.69, 9.17) is 23.8 Å². The van der Waals surface area contributed by atoms with Crippen LogP contribution in [0.3, 0.4) is 0 Å². The summed E-state index contributed by atoms with van der Waals surface area (Å²) >= 11 is 0. The Hall–Kier alpha value is -2.11. The molecule has 4 heterocycles. The van der Waals surface area contributed by atoms with Crippen LogP contribution in [0, 0.1) is 0 Å². The van der Waals surface area contributed by atoms with Crippen molar-refractivity contribution in [2.24, 2.45) is 0 Å². The maximum absolute atomic E-state index is 12.5. The second-order valence-corrected chi connectivity index (χ2v) is 8.13. The summed E-state index contributed by atoms with van der Waals surface area (Å²) in [4.78, 5) is 25.8. The van der Waals surface area contributed by atoms with E-state index in [1.165, 1.54) is 25.9 Å². The third kappa shape index (κ3) is 6.69. The van der Waals surface area contributed by atoms with E-state index in [-0.39, 0.29) is 24.2 Å². The lowest BCUT2D eigenvalue weighted by molar-refractivity contribution is -0.192. The van der Waals surface area contributed by atoms with Gasteiger partial charge in [-0.3, -0.25) is 4.79 Å². The fourth-order valence-electron chi connectivity index (χ4n) is 4.33. The highest BCUT2D eigenvalue weighted by Crippen LogP contribution is 2.32. The number of carbonyl (C=O) groups is 2. The molecule has 1 aromatic rings. The zero-order chi connectivity index (χ0) is 23.1. The lowest BCUT2D eigenvalue weighted by Crippen LogP contribution is -2.46. The zero-order valence-corrected chi connectivity index (χ0v) is 17.8. The second-order valence-electron chi connectivity index (χ2n) is 8.13. The smallest absolute Gasteiger partial charge is 0.475 e. The zero-order valence-electron chi connectivity index (χ0n) is 17.8. The third-order valence-electron chi connectivity index (χ3n) is 5.93. The highest BCUT2D eigenvalue weighted by atomic mass is 19.4. The molecular weight excluding hydrogens is 433 g/mol. The maximum Gasteiger partial charge on any atom is 0.490 e. The first-order valence-electron chi connectivity index (χ1n) is 10.9. The van der Waals surface area contributed by atoms with Crippen LogP contribution in [-0.4, -0.2) is 90.6 Å². The van der Waals surface area contributed by atoms with Crippen molar-refractivity contribution in [1.82, 2.24) is 9.80 Å². The number of halogens is 3. The van der Waals surface area contributed by atoms with Gasteiger partial charge in [0, 0.05) is 13.1 Å². The van der Waals surface area contributed by atoms with Gasteiger partial charge in [-0.05, 0) is 57.3 Å². The number of rotatable bonds is 6. The lowest BCUT2D eigenvalue weighted by Gasteiger charge is -2.35. The molecule has 3 atom stereocenters. The van der Waals surface area contributed by atoms with Gasteiger partial charge in [-0.2, -0.15) is 13.2 Å². The van der Waals surface area contributed by atoms with Gasteiger partial charge in [-0.1, -0.05) is 0 Å². The molecule has 3 saturated heterocycles. The van der Waals surface area contributed by atoms with Crippen LogP contribution in [0.4, 0.5) is 13.2 Å². The molecule has 1 aromatic heterocycles. The van der Waals surface area contributed by atoms with Crippen LogP contribution in [0.25, 0.3) is 0 Å². The van der Waals surface area contributed by atoms with E-state index in [1.807, 2.05) is 4.90 Å². The fourth-order valence-corrected chi connectivity index (χ4v) is 4.33. The largest absolute Gasteiger partial charge is 0.490 e. The number of carbonyl (C=O) groups excluding carboxylic acids is 1. The molecule has 0 radical (unpaired) electrons. The molecule has 0 aliphatic carbocycles. The Labute approximate surface area is 184 Å². The Morgan fingerprint density at radius 3 is 2.50 bits per heavy atom. The molecular formula is C21H29F3N2O6. The first-order valence-corrected chi connectivity index (χ1v) is 10.9. The predicted molar refractivity (Wildman–Crippen MR) is 106 cm³/mol. The van der Waals surface area contributed by atoms with Crippen molar-refractivity contribution in [3.05, 3.63) is 24.2 Å². The monoisotopic (exact) mass is 462 g/mol. The minimum atomic E-state index is -5.08. The highest BCUT2D eigenvalue weighted by Gasteiger charge is 2.42. The van der Waals surface area contributed by atoms with E-state index in [0.29, 0.717) is 12.4 Å². The van der Waals surface area contributed by atoms with Gasteiger partial charge in [0.05, 0.1) is 37.7 Å². The number of carboxylic acid groups (broad SMARTS) is 1. The third-order valence-corrected chi connectivity index (χ3v) is 5.93. The van der Waals surface area contributed by atoms with E-state index in [1.54, 1.807) is 18.4 Å². The van der Waals surface area contributed by atoms with Crippen molar-refractivity contribution in [1.29, 1.82) is 0 Å². The SMILES string of the molecule is O=C(O)C(F)(F)F.O=C(c1ccco1)N1CC[C@@H]2O[C@@H](COCCN3CCCC3)CC[C@@H]21. The number of hydrogen-bond acceptors (Lipinski definition) is 6. The van der Waals surface area contributed by atoms with E-state index in [0.717, 1.165) is 39.0 Å². The van der Waals surface area contributed by atoms with Crippen molar-refractivity contribution in [2.45, 2.75) is 56.5 Å². The van der Waals surface area contributed by atoms with Gasteiger partial charge < -0.3 is 28.8 Å². The summed E-state index contributed by atoms with van der Waals surface area (Å²) < 4.78 is 49.1. The molecule has 32 heavy (non-hydrogen) atoms. The van der Waals surface area contributed by atoms with Crippen molar-refractivity contribution in [2.75, 3.05) is 39.4 Å². The van der Waals surface area contributed by atoms with Crippen LogP contribution in [0.5, 0.6) is 0 Å². The molecule has 0 spiro atoms. The van der Waals surface area contributed by atoms with Crippen LogP contribution in [0.1, 0.15) is 42.7 Å². The summed E-state index contributed by atoms with van der Waals surface area (Å²) in [7, 11) is 0. The number of alkyl halides is 3. The van der Waals surface area contributed by atoms with E-state index >= 15 is 0 Å². The van der Waals surface area contributed by atoms with Crippen molar-refractivity contribution >= 4 is 11.9 Å². The Balaban J connectivity index is 0.000000360. The number of hydrogen-bond donors (Lipinski definition) is 1. The van der Waals surface area contributed by atoms with Gasteiger partial charge >= 0.3 is 12.1 Å². The average Bonchev–Trinajstić information content (AvgIpc) is 3.52. The number of fused-ring (bicyclic) bond motifs is 1. The highest BCUT2D eigenvalue weighted by molar-refractivity contribution is 5.91. The Kier molecular flexibility index (Phi) is 8.55. The standard InChI is InChI=1S/C19H28N2O4.C2HF3O2/c22-19(18-4-3-12-24-18)21-10-7-17-16(21)6-5-15(25-17)14-23-13-11-20-8-1-2-9-20;3-2(4,5)1(6)7/h3-4,12,15-17H,1-2,5-11,13-14H2;(H,6,7)/t15-,16+,17+;/m1./s1. The Morgan fingerprint density at radius 2 is 1.88 bits per heavy atom. The molecule has 3 aliphatic rings. The van der Waals surface area contributed by atoms with Crippen molar-refractivity contribution in [3.63, 3.8) is 0 Å². The second kappa shape index (κ2) is 11.2. The number of ether oxygens (including phenoxy) is 2. The molecule has 180 valence electrons. The normalized spacial score (nSPS) is 25.8. The minimum Gasteiger partial charge on any atom is -0.475 e. The van der Waals surface area contributed by atoms with Crippen molar-refractivity contribution in [3.8, 4) is 0 Å². The van der Waals surface area contributed by atoms with Gasteiger partial charge in [0.15, 0.2) is 5.76 Å². The maximum atomic E-state index is 12.5. The number of amides is 1. The van der Waals surface area contributed by atoms with E-state index in [2.05, 4.69) is 4.90 Å². The fraction of sp³-hybridized carbons (Fsp3) is 0.714. The molecule has 8 nitrogen and oxygen atoms in total. The number of aliphatic carboxylic acids is 1. The molecule has 0 unspecified atom stereocenters. The molecule has 11 heteroatoms. The Bertz CT molecular complexity index is 736. The average molecular weight is 462 g/mol. The van der Waals surface area contributed by atoms with E-state index in [9.17, 15) is 18.0 Å². The molecule has 1 N–H and O–H groups in total. The Morgan fingerprint density at radius 1 is 1.16 bits per heavy atom. The summed E-state index contributed by atoms with van der Waals surface area (Å²) in [6.07, 6.45) is 2.25. The lowest BCUT2D eigenvalue weighted by atomic mass is 9.99. The molecule has 0 saturated carbocycles. The van der Waals surface area contributed by atoms with Crippen LogP contribution in [0.15, 0.2) is 22.8 Å². The van der Waals surface area contributed by atoms with Gasteiger partial charge in [0.1, 0.15) is 0 Å². The molecule has 3 fully saturated rings. The summed E-state index contributed by atoms with van der Waals surface area (Å²) in [6.45, 7) is 5.67. The van der Waals surface area contributed by atoms with Crippen LogP contribution >= 0.6 is 0 Å². The van der Waals surface area contributed by atoms with E-state index < -0.39 is 12.1 Å². The molecule has 4 rings (SSSR count). The van der Waals surface area contributed by atoms with Gasteiger partial charge in [-0.15, -0.1) is 0 Å². The first kappa shape index (κ1) is 24.5. The quantitative estimate of drug-likeness (QED) is 0.650. The minimum absolute atomic E-state index is 0.0126. The van der Waals surface area contributed by atoms with Gasteiger partial charge in [0.2, 0.25) is 0 Å². The number of likely N-dealkylation sites (tertiary alicyclic amines) is 2. The summed E-state index contributed by atoms with van der Waals surface area (Å²) in [6, 6.07) is 3.67. The topological polar surface area (TPSA) is 92.4 Å². The van der Waals surface area contributed by atoms with Gasteiger partial charge in [-0.25, -0.2) is 4.79 Å². The van der Waals surface area contributed by atoms with Crippen LogP contribution < -0.4 is 0 Å². The predicted octanol–water partition coefficient (Wildman–Crippen LogP) is 2.79. The first-order chi connectivity index (χ1) is 15.3. The number of nitrogens with zero attached hydrogens (tertiary/aromatic N) is 2. The molecule has 1 amide bonds.